The molecule has 0 aromatic heterocycles. The van der Waals surface area contributed by atoms with Crippen molar-refractivity contribution in [2.24, 2.45) is 0 Å². The number of nitrogens with zero attached hydrogens (tertiary/aromatic N) is 2. The molecular formula is C27H27N3O5. The van der Waals surface area contributed by atoms with Crippen molar-refractivity contribution in [2.45, 2.75) is 18.9 Å². The fourth-order valence-corrected chi connectivity index (χ4v) is 4.10. The first-order valence-corrected chi connectivity index (χ1v) is 11.3. The monoisotopic (exact) mass is 473 g/mol. The van der Waals surface area contributed by atoms with Gasteiger partial charge in [0, 0.05) is 12.2 Å². The zero-order valence-corrected chi connectivity index (χ0v) is 19.6. The van der Waals surface area contributed by atoms with Gasteiger partial charge in [-0.1, -0.05) is 42.5 Å². The van der Waals surface area contributed by atoms with E-state index in [1.807, 2.05) is 36.4 Å². The molecule has 1 saturated heterocycles. The highest BCUT2D eigenvalue weighted by atomic mass is 16.5. The smallest absolute Gasteiger partial charge is 0.332 e. The summed E-state index contributed by atoms with van der Waals surface area (Å²) >= 11 is 0. The molecule has 0 radical (unpaired) electrons. The number of benzene rings is 3. The lowest BCUT2D eigenvalue weighted by atomic mass is 10.1. The summed E-state index contributed by atoms with van der Waals surface area (Å²) in [5.74, 6) is 0.429. The van der Waals surface area contributed by atoms with Crippen molar-refractivity contribution in [3.8, 4) is 11.5 Å². The number of ether oxygens (including phenoxy) is 2. The van der Waals surface area contributed by atoms with E-state index in [2.05, 4.69) is 5.32 Å². The molecule has 1 fully saturated rings. The summed E-state index contributed by atoms with van der Waals surface area (Å²) in [7, 11) is 3.12. The van der Waals surface area contributed by atoms with Crippen molar-refractivity contribution in [3.05, 3.63) is 84.4 Å². The van der Waals surface area contributed by atoms with E-state index in [-0.39, 0.29) is 18.9 Å². The maximum Gasteiger partial charge on any atom is 0.332 e. The van der Waals surface area contributed by atoms with Gasteiger partial charge < -0.3 is 19.7 Å². The van der Waals surface area contributed by atoms with Crippen molar-refractivity contribution in [1.82, 2.24) is 4.90 Å². The Hall–Kier alpha value is -4.33. The van der Waals surface area contributed by atoms with E-state index in [0.29, 0.717) is 29.3 Å². The minimum atomic E-state index is -0.911. The number of rotatable bonds is 9. The Balaban J connectivity index is 1.55. The van der Waals surface area contributed by atoms with Gasteiger partial charge in [0.05, 0.1) is 26.3 Å². The summed E-state index contributed by atoms with van der Waals surface area (Å²) in [4.78, 5) is 42.1. The van der Waals surface area contributed by atoms with Gasteiger partial charge in [-0.2, -0.15) is 0 Å². The Morgan fingerprint density at radius 3 is 2.20 bits per heavy atom. The summed E-state index contributed by atoms with van der Waals surface area (Å²) in [6.45, 7) is 0.257. The van der Waals surface area contributed by atoms with Crippen LogP contribution in [0.25, 0.3) is 0 Å². The Morgan fingerprint density at radius 1 is 0.886 bits per heavy atom. The molecule has 180 valence electrons. The van der Waals surface area contributed by atoms with Crippen LogP contribution < -0.4 is 19.7 Å². The van der Waals surface area contributed by atoms with E-state index in [0.717, 1.165) is 10.5 Å². The van der Waals surface area contributed by atoms with Crippen LogP contribution in [0.15, 0.2) is 78.9 Å². The van der Waals surface area contributed by atoms with Gasteiger partial charge in [-0.15, -0.1) is 0 Å². The van der Waals surface area contributed by atoms with E-state index in [9.17, 15) is 14.4 Å². The summed E-state index contributed by atoms with van der Waals surface area (Å²) < 4.78 is 10.7. The van der Waals surface area contributed by atoms with Gasteiger partial charge >= 0.3 is 6.03 Å². The third-order valence-electron chi connectivity index (χ3n) is 5.86. The standard InChI is InChI=1S/C27H27N3O5/c1-34-23-14-13-19(17-24(23)35-2)15-16-29-22(18-25(31)28-20-9-5-3-6-10-20)26(32)30(27(29)33)21-11-7-4-8-12-21/h3-14,17,22H,15-16,18H2,1-2H3,(H,28,31)/t22-/m1/s1. The third-order valence-corrected chi connectivity index (χ3v) is 5.86. The predicted molar refractivity (Wildman–Crippen MR) is 133 cm³/mol. The van der Waals surface area contributed by atoms with Crippen molar-refractivity contribution < 1.29 is 23.9 Å². The number of hydrogen-bond donors (Lipinski definition) is 1. The van der Waals surface area contributed by atoms with Crippen molar-refractivity contribution in [3.63, 3.8) is 0 Å². The Labute approximate surface area is 204 Å². The normalized spacial score (nSPS) is 15.3. The van der Waals surface area contributed by atoms with Crippen molar-refractivity contribution >= 4 is 29.2 Å². The first kappa shape index (κ1) is 23.8. The number of anilines is 2. The molecule has 0 bridgehead atoms. The topological polar surface area (TPSA) is 88.2 Å². The average molecular weight is 474 g/mol. The van der Waals surface area contributed by atoms with Gasteiger partial charge in [0.25, 0.3) is 5.91 Å². The quantitative estimate of drug-likeness (QED) is 0.473. The second-order valence-electron chi connectivity index (χ2n) is 8.06. The van der Waals surface area contributed by atoms with Crippen molar-refractivity contribution in [2.75, 3.05) is 31.0 Å². The summed E-state index contributed by atoms with van der Waals surface area (Å²) in [5.41, 5.74) is 2.02. The highest BCUT2D eigenvalue weighted by Crippen LogP contribution is 2.30. The average Bonchev–Trinajstić information content (AvgIpc) is 3.11. The Morgan fingerprint density at radius 2 is 1.54 bits per heavy atom. The lowest BCUT2D eigenvalue weighted by molar-refractivity contribution is -0.124. The Kier molecular flexibility index (Phi) is 7.30. The summed E-state index contributed by atoms with van der Waals surface area (Å²) in [6, 6.07) is 21.9. The van der Waals surface area contributed by atoms with Gasteiger partial charge in [0.2, 0.25) is 5.91 Å². The number of methoxy groups -OCH3 is 2. The number of urea groups is 1. The molecule has 1 aliphatic rings. The first-order chi connectivity index (χ1) is 17.0. The molecule has 1 aliphatic heterocycles. The van der Waals surface area contributed by atoms with Crippen LogP contribution in [-0.2, 0) is 16.0 Å². The van der Waals surface area contributed by atoms with Gasteiger partial charge in [0.15, 0.2) is 11.5 Å². The minimum Gasteiger partial charge on any atom is -0.493 e. The maximum atomic E-state index is 13.4. The SMILES string of the molecule is COc1ccc(CCN2C(=O)N(c3ccccc3)C(=O)[C@H]2CC(=O)Nc2ccccc2)cc1OC. The van der Waals surface area contributed by atoms with E-state index >= 15 is 0 Å². The van der Waals surface area contributed by atoms with E-state index < -0.39 is 18.0 Å². The number of hydrogen-bond acceptors (Lipinski definition) is 5. The zero-order valence-electron chi connectivity index (χ0n) is 19.6. The second kappa shape index (κ2) is 10.7. The molecule has 0 spiro atoms. The molecular weight excluding hydrogens is 446 g/mol. The summed E-state index contributed by atoms with van der Waals surface area (Å²) in [5, 5.41) is 2.80. The highest BCUT2D eigenvalue weighted by molar-refractivity contribution is 6.22. The summed E-state index contributed by atoms with van der Waals surface area (Å²) in [6.07, 6.45) is 0.327. The molecule has 0 unspecified atom stereocenters. The number of amides is 4. The maximum absolute atomic E-state index is 13.4. The molecule has 0 saturated carbocycles. The molecule has 3 aromatic carbocycles. The molecule has 4 amide bonds. The Bertz CT molecular complexity index is 1200. The molecule has 4 rings (SSSR count). The van der Waals surface area contributed by atoms with Crippen LogP contribution in [0.3, 0.4) is 0 Å². The minimum absolute atomic E-state index is 0.144. The van der Waals surface area contributed by atoms with Crippen LogP contribution in [0.1, 0.15) is 12.0 Å². The van der Waals surface area contributed by atoms with Crippen LogP contribution in [0.5, 0.6) is 11.5 Å². The van der Waals surface area contributed by atoms with E-state index in [1.165, 1.54) is 4.90 Å². The highest BCUT2D eigenvalue weighted by Gasteiger charge is 2.46. The molecule has 1 atom stereocenters. The van der Waals surface area contributed by atoms with Crippen LogP contribution in [0.4, 0.5) is 16.2 Å². The third kappa shape index (κ3) is 5.27. The molecule has 3 aromatic rings. The molecule has 35 heavy (non-hydrogen) atoms. The predicted octanol–water partition coefficient (Wildman–Crippen LogP) is 4.11. The van der Waals surface area contributed by atoms with Crippen LogP contribution >= 0.6 is 0 Å². The lowest BCUT2D eigenvalue weighted by Crippen LogP contribution is -2.39. The molecule has 1 N–H and O–H groups in total. The van der Waals surface area contributed by atoms with Gasteiger partial charge in [-0.25, -0.2) is 9.69 Å². The van der Waals surface area contributed by atoms with Gasteiger partial charge in [-0.05, 0) is 48.4 Å². The number of imide groups is 1. The number of carbonyl (C=O) groups excluding carboxylic acids is 3. The van der Waals surface area contributed by atoms with Crippen molar-refractivity contribution in [1.29, 1.82) is 0 Å². The molecule has 8 heteroatoms. The zero-order chi connectivity index (χ0) is 24.8. The first-order valence-electron chi connectivity index (χ1n) is 11.3. The molecule has 8 nitrogen and oxygen atoms in total. The number of nitrogens with one attached hydrogen (secondary N) is 1. The van der Waals surface area contributed by atoms with Crippen LogP contribution in [0, 0.1) is 0 Å². The fraction of sp³-hybridized carbons (Fsp3) is 0.222. The molecule has 0 aliphatic carbocycles. The van der Waals surface area contributed by atoms with Crippen LogP contribution in [-0.4, -0.2) is 49.6 Å². The second-order valence-corrected chi connectivity index (χ2v) is 8.06. The number of para-hydroxylation sites is 2. The van der Waals surface area contributed by atoms with Crippen LogP contribution in [0.2, 0.25) is 0 Å². The van der Waals surface area contributed by atoms with E-state index in [1.54, 1.807) is 56.7 Å². The largest absolute Gasteiger partial charge is 0.493 e. The fourth-order valence-electron chi connectivity index (χ4n) is 4.10. The van der Waals surface area contributed by atoms with Gasteiger partial charge in [0.1, 0.15) is 6.04 Å². The van der Waals surface area contributed by atoms with Gasteiger partial charge in [-0.3, -0.25) is 9.59 Å². The van der Waals surface area contributed by atoms with E-state index in [4.69, 9.17) is 9.47 Å². The number of carbonyl (C=O) groups is 3. The molecule has 1 heterocycles. The lowest BCUT2D eigenvalue weighted by Gasteiger charge is -2.22.